The lowest BCUT2D eigenvalue weighted by Crippen LogP contribution is -1.94. The molecule has 0 bridgehead atoms. The minimum Gasteiger partial charge on any atom is -0.399 e. The van der Waals surface area contributed by atoms with Gasteiger partial charge in [0.2, 0.25) is 0 Å². The van der Waals surface area contributed by atoms with Gasteiger partial charge in [-0.05, 0) is 81.5 Å². The van der Waals surface area contributed by atoms with Crippen LogP contribution in [0.5, 0.6) is 0 Å². The average Bonchev–Trinajstić information content (AvgIpc) is 3.76. The van der Waals surface area contributed by atoms with Crippen molar-refractivity contribution in [2.24, 2.45) is 17.6 Å². The fraction of sp³-hybridized carbons (Fsp3) is 0.450. The van der Waals surface area contributed by atoms with Gasteiger partial charge in [-0.25, -0.2) is 0 Å². The first kappa shape index (κ1) is 50.8. The lowest BCUT2D eigenvalue weighted by Gasteiger charge is -2.04. The highest BCUT2D eigenvalue weighted by molar-refractivity contribution is 5.78. The molecule has 5 heteroatoms. The first-order valence-corrected chi connectivity index (χ1v) is 16.2. The second-order valence-electron chi connectivity index (χ2n) is 9.61. The number of anilines is 1. The number of carbonyl (C=O) groups excluding carboxylic acids is 2. The Bertz CT molecular complexity index is 946. The zero-order valence-corrected chi connectivity index (χ0v) is 30.8. The van der Waals surface area contributed by atoms with E-state index < -0.39 is 0 Å². The molecule has 0 radical (unpaired) electrons. The summed E-state index contributed by atoms with van der Waals surface area (Å²) in [5.74, 6) is 1.81. The molecule has 1 aromatic rings. The van der Waals surface area contributed by atoms with Crippen LogP contribution >= 0.6 is 0 Å². The number of benzene rings is 1. The lowest BCUT2D eigenvalue weighted by molar-refractivity contribution is -0.106. The van der Waals surface area contributed by atoms with Gasteiger partial charge in [0.05, 0.1) is 0 Å². The SMILES string of the molecule is C=C1CC1CC(C)CC.C=CC.C=CNC.CC.CC=O.CCCC.C\C=C/C(C=O)=C\C(N)=C\C=C\c1ccc(NC)cc1. The quantitative estimate of drug-likeness (QED) is 0.0988. The maximum Gasteiger partial charge on any atom is 0.150 e. The normalized spacial score (nSPS) is 13.3. The third-order valence-electron chi connectivity index (χ3n) is 5.62. The van der Waals surface area contributed by atoms with Gasteiger partial charge in [0.1, 0.15) is 12.6 Å². The molecular formula is C40H69N3O2. The zero-order chi connectivity index (χ0) is 35.9. The maximum absolute atomic E-state index is 10.8. The molecule has 0 aromatic heterocycles. The second kappa shape index (κ2) is 42.3. The molecule has 0 spiro atoms. The number of aldehydes is 2. The number of hydrogen-bond donors (Lipinski definition) is 3. The molecule has 0 amide bonds. The molecular weight excluding hydrogens is 554 g/mol. The number of hydrogen-bond acceptors (Lipinski definition) is 5. The summed E-state index contributed by atoms with van der Waals surface area (Å²) >= 11 is 0. The standard InChI is InChI=1S/C17H20N2O.C9H16.C4H10.C3H7N.C3H6.C2H4O.C2H6/c1-3-5-15(13-20)12-16(18)7-4-6-14-8-10-17(19-2)11-9-14;1-4-7(2)5-9-6-8(9)3;2*1-3-4-2;1-3-2;1-2-3;1-2/h3-13,19H,18H2,1-2H3;7,9H,3-6H2,1-2H3;3-4H2,1-2H3;3-4H,1H2,2H3;3H,1H2,2H3;2H,1H3;1-2H3/b5-3-,6-4+,15-12+,16-7-;;;;;;. The van der Waals surface area contributed by atoms with Crippen LogP contribution in [0.3, 0.4) is 0 Å². The molecule has 1 fully saturated rings. The van der Waals surface area contributed by atoms with Crippen molar-refractivity contribution < 1.29 is 9.59 Å². The molecule has 2 rings (SSSR count). The highest BCUT2D eigenvalue weighted by Gasteiger charge is 2.27. The summed E-state index contributed by atoms with van der Waals surface area (Å²) in [7, 11) is 3.70. The zero-order valence-electron chi connectivity index (χ0n) is 30.8. The third-order valence-corrected chi connectivity index (χ3v) is 5.62. The van der Waals surface area contributed by atoms with Crippen LogP contribution in [0.25, 0.3) is 6.08 Å². The Morgan fingerprint density at radius 1 is 1.02 bits per heavy atom. The monoisotopic (exact) mass is 624 g/mol. The van der Waals surface area contributed by atoms with Gasteiger partial charge in [-0.3, -0.25) is 4.79 Å². The van der Waals surface area contributed by atoms with Gasteiger partial charge < -0.3 is 21.2 Å². The van der Waals surface area contributed by atoms with Crippen LogP contribution in [-0.2, 0) is 9.59 Å². The number of unbranched alkanes of at least 4 members (excludes halogenated alkanes) is 1. The van der Waals surface area contributed by atoms with Crippen molar-refractivity contribution in [2.45, 2.75) is 94.4 Å². The van der Waals surface area contributed by atoms with Crippen LogP contribution in [-0.4, -0.2) is 26.7 Å². The fourth-order valence-electron chi connectivity index (χ4n) is 2.75. The van der Waals surface area contributed by atoms with Gasteiger partial charge in [0.15, 0.2) is 0 Å². The molecule has 45 heavy (non-hydrogen) atoms. The number of nitrogens with one attached hydrogen (secondary N) is 2. The minimum atomic E-state index is 0.535. The predicted molar refractivity (Wildman–Crippen MR) is 206 cm³/mol. The summed E-state index contributed by atoms with van der Waals surface area (Å²) in [6, 6.07) is 8.03. The number of allylic oxidation sites excluding steroid dienone is 8. The molecule has 0 saturated heterocycles. The summed E-state index contributed by atoms with van der Waals surface area (Å²) in [4.78, 5) is 19.6. The summed E-state index contributed by atoms with van der Waals surface area (Å²) in [6.07, 6.45) is 22.3. The van der Waals surface area contributed by atoms with Gasteiger partial charge in [0, 0.05) is 31.1 Å². The van der Waals surface area contributed by atoms with Crippen LogP contribution in [0.4, 0.5) is 5.69 Å². The van der Waals surface area contributed by atoms with Crippen LogP contribution in [0, 0.1) is 11.8 Å². The Morgan fingerprint density at radius 3 is 1.80 bits per heavy atom. The Balaban J connectivity index is -0.000000175. The van der Waals surface area contributed by atoms with Crippen molar-refractivity contribution in [3.63, 3.8) is 0 Å². The lowest BCUT2D eigenvalue weighted by atomic mass is 10.0. The smallest absolute Gasteiger partial charge is 0.150 e. The minimum absolute atomic E-state index is 0.535. The van der Waals surface area contributed by atoms with Crippen LogP contribution < -0.4 is 16.4 Å². The molecule has 1 saturated carbocycles. The van der Waals surface area contributed by atoms with E-state index in [4.69, 9.17) is 10.5 Å². The van der Waals surface area contributed by atoms with E-state index in [0.29, 0.717) is 11.3 Å². The molecule has 1 aliphatic rings. The Morgan fingerprint density at radius 2 is 1.49 bits per heavy atom. The van der Waals surface area contributed by atoms with E-state index in [1.165, 1.54) is 44.6 Å². The third kappa shape index (κ3) is 42.3. The largest absolute Gasteiger partial charge is 0.399 e. The van der Waals surface area contributed by atoms with Crippen LogP contribution in [0.2, 0.25) is 0 Å². The van der Waals surface area contributed by atoms with E-state index >= 15 is 0 Å². The molecule has 2 unspecified atom stereocenters. The maximum atomic E-state index is 10.8. The molecule has 5 nitrogen and oxygen atoms in total. The highest BCUT2D eigenvalue weighted by atomic mass is 16.1. The Hall–Kier alpha value is -3.86. The van der Waals surface area contributed by atoms with Gasteiger partial charge >= 0.3 is 0 Å². The van der Waals surface area contributed by atoms with Crippen molar-refractivity contribution in [1.82, 2.24) is 5.32 Å². The molecule has 256 valence electrons. The predicted octanol–water partition coefficient (Wildman–Crippen LogP) is 10.9. The first-order valence-electron chi connectivity index (χ1n) is 16.2. The first-order chi connectivity index (χ1) is 21.6. The van der Waals surface area contributed by atoms with E-state index in [9.17, 15) is 4.79 Å². The molecule has 2 atom stereocenters. The van der Waals surface area contributed by atoms with Gasteiger partial charge in [-0.15, -0.1) is 6.58 Å². The van der Waals surface area contributed by atoms with Crippen LogP contribution in [0.1, 0.15) is 100.0 Å². The topological polar surface area (TPSA) is 84.2 Å². The number of nitrogens with two attached hydrogens (primary N) is 1. The molecule has 0 heterocycles. The second-order valence-corrected chi connectivity index (χ2v) is 9.61. The van der Waals surface area contributed by atoms with Crippen molar-refractivity contribution in [2.75, 3.05) is 19.4 Å². The highest BCUT2D eigenvalue weighted by Crippen LogP contribution is 2.41. The van der Waals surface area contributed by atoms with E-state index in [1.807, 2.05) is 78.2 Å². The Labute approximate surface area is 279 Å². The van der Waals surface area contributed by atoms with E-state index in [2.05, 4.69) is 58.1 Å². The average molecular weight is 624 g/mol. The van der Waals surface area contributed by atoms with E-state index in [1.54, 1.807) is 36.6 Å². The molecule has 0 aliphatic heterocycles. The summed E-state index contributed by atoms with van der Waals surface area (Å²) in [5.41, 5.74) is 10.5. The van der Waals surface area contributed by atoms with Gasteiger partial charge in [-0.2, -0.15) is 0 Å². The van der Waals surface area contributed by atoms with Crippen molar-refractivity contribution in [1.29, 1.82) is 0 Å². The summed E-state index contributed by atoms with van der Waals surface area (Å²) < 4.78 is 0. The van der Waals surface area contributed by atoms with Gasteiger partial charge in [-0.1, -0.05) is 122 Å². The van der Waals surface area contributed by atoms with Gasteiger partial charge in [0.25, 0.3) is 0 Å². The van der Waals surface area contributed by atoms with E-state index in [0.717, 1.165) is 35.7 Å². The van der Waals surface area contributed by atoms with Crippen LogP contribution in [0.15, 0.2) is 104 Å². The summed E-state index contributed by atoms with van der Waals surface area (Å²) in [5, 5.41) is 5.76. The number of carbonyl (C=O) groups is 2. The molecule has 4 N–H and O–H groups in total. The Kier molecular flexibility index (Phi) is 47.7. The van der Waals surface area contributed by atoms with Crippen molar-refractivity contribution in [3.8, 4) is 0 Å². The molecule has 1 aliphatic carbocycles. The molecule has 1 aromatic carbocycles. The number of rotatable bonds is 11. The fourth-order valence-corrected chi connectivity index (χ4v) is 2.75. The summed E-state index contributed by atoms with van der Waals surface area (Å²) in [6.45, 7) is 28.8. The van der Waals surface area contributed by atoms with Crippen molar-refractivity contribution >= 4 is 24.3 Å². The van der Waals surface area contributed by atoms with E-state index in [-0.39, 0.29) is 0 Å². The van der Waals surface area contributed by atoms with Crippen molar-refractivity contribution in [3.05, 3.63) is 109 Å².